The molecule has 2 aromatic rings. The number of sulfonamides is 1. The number of pyridine rings is 1. The van der Waals surface area contributed by atoms with Crippen molar-refractivity contribution in [1.29, 1.82) is 0 Å². The Morgan fingerprint density at radius 1 is 1.04 bits per heavy atom. The summed E-state index contributed by atoms with van der Waals surface area (Å²) in [6, 6.07) is 1.94. The van der Waals surface area contributed by atoms with E-state index >= 15 is 0 Å². The van der Waals surface area contributed by atoms with Gasteiger partial charge in [-0.05, 0) is 101 Å². The number of nitrogens with one attached hydrogen (secondary N) is 3. The fraction of sp³-hybridized carbons (Fsp3) is 0.634. The molecule has 2 unspecified atom stereocenters. The monoisotopic (exact) mass is 809 g/mol. The van der Waals surface area contributed by atoms with E-state index in [4.69, 9.17) is 14.2 Å². The van der Waals surface area contributed by atoms with Gasteiger partial charge in [-0.3, -0.25) is 19.1 Å². The number of fused-ring (bicyclic) bond motifs is 4. The van der Waals surface area contributed by atoms with Gasteiger partial charge >= 0.3 is 6.09 Å². The fourth-order valence-corrected chi connectivity index (χ4v) is 10.6. The van der Waals surface area contributed by atoms with Gasteiger partial charge < -0.3 is 29.7 Å². The number of carbonyl (C=O) groups excluding carboxylic acids is 4. The van der Waals surface area contributed by atoms with Crippen molar-refractivity contribution < 1.29 is 46.2 Å². The van der Waals surface area contributed by atoms with Crippen LogP contribution < -0.4 is 24.8 Å². The zero-order valence-electron chi connectivity index (χ0n) is 32.8. The number of methoxy groups -OCH3 is 1. The van der Waals surface area contributed by atoms with Crippen molar-refractivity contribution in [3.8, 4) is 11.6 Å². The molecule has 14 nitrogen and oxygen atoms in total. The maximum absolute atomic E-state index is 14.9. The number of ether oxygens (including phenoxy) is 3. The molecular formula is C41H52FN5O9S. The van der Waals surface area contributed by atoms with Crippen LogP contribution in [0.15, 0.2) is 36.5 Å². The molecule has 5 fully saturated rings. The summed E-state index contributed by atoms with van der Waals surface area (Å²) in [5.74, 6) is -1.76. The van der Waals surface area contributed by atoms with Crippen LogP contribution in [0.5, 0.6) is 11.6 Å². The molecule has 4 aliphatic carbocycles. The molecule has 16 heteroatoms. The van der Waals surface area contributed by atoms with E-state index in [0.29, 0.717) is 48.3 Å². The number of aromatic nitrogens is 1. The number of carbonyl (C=O) groups is 4. The van der Waals surface area contributed by atoms with Gasteiger partial charge in [0, 0.05) is 30.0 Å². The Morgan fingerprint density at radius 3 is 2.51 bits per heavy atom. The van der Waals surface area contributed by atoms with Gasteiger partial charge in [-0.1, -0.05) is 26.0 Å². The highest BCUT2D eigenvalue weighted by atomic mass is 32.2. The van der Waals surface area contributed by atoms with Crippen molar-refractivity contribution >= 4 is 44.6 Å². The lowest BCUT2D eigenvalue weighted by atomic mass is 9.88. The summed E-state index contributed by atoms with van der Waals surface area (Å²) in [5, 5.41) is 6.63. The third-order valence-electron chi connectivity index (χ3n) is 13.3. The second-order valence-electron chi connectivity index (χ2n) is 17.7. The molecule has 3 N–H and O–H groups in total. The predicted octanol–water partition coefficient (Wildman–Crippen LogP) is 4.51. The van der Waals surface area contributed by atoms with E-state index in [1.165, 1.54) is 30.3 Å². The standard InChI is InChI=1S/C41H52FN5O9S/c1-22-7-5-6-8-26-20-41(26,38(50)46-57(52,53)40(3)10-11-40)45-35(48)32-19-29(55-36-31-17-27(42)18-33(54-4)30(31)9-12-43-36)21-47(32)37(49)34(23(2)13-22)44-39(51)56-28-15-24-14-25(24)16-28/h6,8-9,12,17-18,22-26,28-29,32,34H,5,7,10-11,13-16,19-21H2,1-4H3,(H,44,51)(H,45,48)(H,46,50)/b8-6-/t22-,23-,24?,25?,26-,28?,29-,32+,34+,41-/m1/s1. The van der Waals surface area contributed by atoms with E-state index in [9.17, 15) is 32.0 Å². The molecule has 1 aromatic heterocycles. The lowest BCUT2D eigenvalue weighted by Gasteiger charge is -2.33. The molecule has 0 bridgehead atoms. The molecule has 9 atom stereocenters. The van der Waals surface area contributed by atoms with Crippen LogP contribution in [0.3, 0.4) is 0 Å². The predicted molar refractivity (Wildman–Crippen MR) is 206 cm³/mol. The molecule has 8 rings (SSSR count). The van der Waals surface area contributed by atoms with Crippen LogP contribution in [0.2, 0.25) is 0 Å². The number of alkyl carbamates (subject to hydrolysis) is 1. The highest BCUT2D eigenvalue weighted by Gasteiger charge is 2.63. The number of hydrogen-bond acceptors (Lipinski definition) is 10. The Kier molecular flexibility index (Phi) is 10.2. The first-order valence-corrected chi connectivity index (χ1v) is 21.7. The summed E-state index contributed by atoms with van der Waals surface area (Å²) in [6.07, 6.45) is 9.33. The van der Waals surface area contributed by atoms with Crippen molar-refractivity contribution in [1.82, 2.24) is 25.2 Å². The zero-order chi connectivity index (χ0) is 40.4. The normalized spacial score (nSPS) is 35.0. The van der Waals surface area contributed by atoms with Crippen molar-refractivity contribution in [3.05, 3.63) is 42.4 Å². The number of rotatable bonds is 8. The van der Waals surface area contributed by atoms with Crippen LogP contribution in [-0.4, -0.2) is 90.3 Å². The SMILES string of the molecule is COc1cc(F)cc2c(O[C@@H]3C[C@H]4C(=O)N[C@]5(C(=O)NS(=O)(=O)C6(C)CC6)C[C@H]5/C=C\CC[C@@H](C)C[C@@H](C)[C@H](NC(=O)OC5CC6CC6C5)C(=O)N4C3)nccc12. The number of nitrogens with zero attached hydrogens (tertiary/aromatic N) is 2. The quantitative estimate of drug-likeness (QED) is 0.321. The van der Waals surface area contributed by atoms with Crippen LogP contribution in [0.4, 0.5) is 9.18 Å². The minimum Gasteiger partial charge on any atom is -0.496 e. The fourth-order valence-electron chi connectivity index (χ4n) is 9.28. The van der Waals surface area contributed by atoms with E-state index in [0.717, 1.165) is 25.7 Å². The Balaban J connectivity index is 1.11. The largest absolute Gasteiger partial charge is 0.496 e. The smallest absolute Gasteiger partial charge is 0.408 e. The van der Waals surface area contributed by atoms with E-state index in [1.54, 1.807) is 13.0 Å². The lowest BCUT2D eigenvalue weighted by molar-refractivity contribution is -0.142. The molecule has 4 saturated carbocycles. The number of hydrogen-bond donors (Lipinski definition) is 3. The number of halogens is 1. The van der Waals surface area contributed by atoms with Gasteiger partial charge in [-0.25, -0.2) is 22.6 Å². The van der Waals surface area contributed by atoms with Crippen molar-refractivity contribution in [2.24, 2.45) is 29.6 Å². The first-order chi connectivity index (χ1) is 27.1. The highest BCUT2D eigenvalue weighted by molar-refractivity contribution is 7.91. The lowest BCUT2D eigenvalue weighted by Crippen LogP contribution is -2.59. The topological polar surface area (TPSA) is 182 Å². The van der Waals surface area contributed by atoms with Crippen molar-refractivity contribution in [3.63, 3.8) is 0 Å². The van der Waals surface area contributed by atoms with E-state index in [1.807, 2.05) is 19.1 Å². The maximum Gasteiger partial charge on any atom is 0.408 e. The number of benzene rings is 1. The first-order valence-electron chi connectivity index (χ1n) is 20.2. The Labute approximate surface area is 332 Å². The Morgan fingerprint density at radius 2 is 1.79 bits per heavy atom. The highest BCUT2D eigenvalue weighted by Crippen LogP contribution is 2.52. The summed E-state index contributed by atoms with van der Waals surface area (Å²) in [6.45, 7) is 5.45. The third kappa shape index (κ3) is 7.77. The minimum absolute atomic E-state index is 0.0382. The van der Waals surface area contributed by atoms with Crippen LogP contribution in [0, 0.1) is 35.4 Å². The summed E-state index contributed by atoms with van der Waals surface area (Å²) in [4.78, 5) is 62.5. The Bertz CT molecular complexity index is 2100. The molecule has 308 valence electrons. The average molecular weight is 810 g/mol. The van der Waals surface area contributed by atoms with Gasteiger partial charge in [-0.2, -0.15) is 0 Å². The summed E-state index contributed by atoms with van der Waals surface area (Å²) < 4.78 is 59.9. The molecule has 0 spiro atoms. The molecule has 4 amide bonds. The average Bonchev–Trinajstić information content (AvgIpc) is 4.12. The van der Waals surface area contributed by atoms with E-state index in [-0.39, 0.29) is 49.0 Å². The first kappa shape index (κ1) is 39.4. The van der Waals surface area contributed by atoms with Crippen LogP contribution in [-0.2, 0) is 29.1 Å². The van der Waals surface area contributed by atoms with Crippen molar-refractivity contribution in [2.45, 2.75) is 120 Å². The number of allylic oxidation sites excluding steroid dienone is 1. The summed E-state index contributed by atoms with van der Waals surface area (Å²) in [5.41, 5.74) is -1.56. The summed E-state index contributed by atoms with van der Waals surface area (Å²) in [7, 11) is -2.60. The molecule has 1 aromatic carbocycles. The molecule has 6 aliphatic rings. The Hall–Kier alpha value is -4.47. The van der Waals surface area contributed by atoms with Gasteiger partial charge in [0.2, 0.25) is 27.7 Å². The zero-order valence-corrected chi connectivity index (χ0v) is 33.6. The van der Waals surface area contributed by atoms with Gasteiger partial charge in [0.05, 0.1) is 23.8 Å². The molecule has 0 radical (unpaired) electrons. The summed E-state index contributed by atoms with van der Waals surface area (Å²) >= 11 is 0. The van der Waals surface area contributed by atoms with Gasteiger partial charge in [0.15, 0.2) is 0 Å². The molecule has 1 saturated heterocycles. The molecule has 2 aliphatic heterocycles. The van der Waals surface area contributed by atoms with Crippen molar-refractivity contribution in [2.75, 3.05) is 13.7 Å². The van der Waals surface area contributed by atoms with Crippen LogP contribution >= 0.6 is 0 Å². The van der Waals surface area contributed by atoms with E-state index < -0.39 is 74.0 Å². The van der Waals surface area contributed by atoms with Gasteiger partial charge in [-0.15, -0.1) is 0 Å². The van der Waals surface area contributed by atoms with Gasteiger partial charge in [0.1, 0.15) is 41.4 Å². The van der Waals surface area contributed by atoms with Crippen LogP contribution in [0.25, 0.3) is 10.8 Å². The minimum atomic E-state index is -4.02. The van der Waals surface area contributed by atoms with Gasteiger partial charge in [0.25, 0.3) is 5.91 Å². The second kappa shape index (κ2) is 14.7. The number of amides is 4. The van der Waals surface area contributed by atoms with E-state index in [2.05, 4.69) is 27.3 Å². The third-order valence-corrected chi connectivity index (χ3v) is 15.4. The molecule has 3 heterocycles. The molecular weight excluding hydrogens is 758 g/mol. The molecule has 57 heavy (non-hydrogen) atoms. The van der Waals surface area contributed by atoms with Crippen LogP contribution in [0.1, 0.15) is 85.0 Å². The maximum atomic E-state index is 14.9. The second-order valence-corrected chi connectivity index (χ2v) is 19.9.